The van der Waals surface area contributed by atoms with Gasteiger partial charge in [0.25, 0.3) is 0 Å². The van der Waals surface area contributed by atoms with Gasteiger partial charge in [0.15, 0.2) is 0 Å². The van der Waals surface area contributed by atoms with Crippen molar-refractivity contribution in [3.05, 3.63) is 18.0 Å². The smallest absolute Gasteiger partial charge is 0.0627 e. The third-order valence-electron chi connectivity index (χ3n) is 1.66. The molecule has 1 aromatic rings. The van der Waals surface area contributed by atoms with Crippen LogP contribution in [-0.2, 0) is 7.05 Å². The van der Waals surface area contributed by atoms with Crippen LogP contribution in [0.4, 0.5) is 0 Å². The maximum Gasteiger partial charge on any atom is 0.0627 e. The van der Waals surface area contributed by atoms with Crippen LogP contribution in [0.5, 0.6) is 0 Å². The van der Waals surface area contributed by atoms with Crippen LogP contribution in [0, 0.1) is 0 Å². The summed E-state index contributed by atoms with van der Waals surface area (Å²) < 4.78 is 1.72. The van der Waals surface area contributed by atoms with Gasteiger partial charge in [-0.1, -0.05) is 0 Å². The van der Waals surface area contributed by atoms with E-state index in [1.807, 2.05) is 20.3 Å². The van der Waals surface area contributed by atoms with Crippen LogP contribution in [-0.4, -0.2) is 28.5 Å². The standard InChI is InChI=1S/C7H13N3O/c1-8-7(5-11)6-3-9-10(2)4-6/h3-4,7-8,11H,5H2,1-2H3/t7-/m0/s1. The van der Waals surface area contributed by atoms with Crippen LogP contribution in [0.1, 0.15) is 11.6 Å². The molecule has 4 heteroatoms. The number of nitrogens with one attached hydrogen (secondary N) is 1. The first kappa shape index (κ1) is 8.23. The number of likely N-dealkylation sites (N-methyl/N-ethyl adjacent to an activating group) is 1. The lowest BCUT2D eigenvalue weighted by molar-refractivity contribution is 0.251. The van der Waals surface area contributed by atoms with E-state index in [1.54, 1.807) is 10.9 Å². The zero-order chi connectivity index (χ0) is 8.27. The lowest BCUT2D eigenvalue weighted by atomic mass is 10.2. The first-order chi connectivity index (χ1) is 5.27. The molecule has 0 unspecified atom stereocenters. The van der Waals surface area contributed by atoms with E-state index < -0.39 is 0 Å². The maximum atomic E-state index is 8.89. The minimum Gasteiger partial charge on any atom is -0.394 e. The van der Waals surface area contributed by atoms with Gasteiger partial charge in [-0.3, -0.25) is 4.68 Å². The van der Waals surface area contributed by atoms with Crippen LogP contribution < -0.4 is 5.32 Å². The minimum atomic E-state index is 0.00343. The maximum absolute atomic E-state index is 8.89. The lowest BCUT2D eigenvalue weighted by Crippen LogP contribution is -2.19. The number of aliphatic hydroxyl groups excluding tert-OH is 1. The van der Waals surface area contributed by atoms with E-state index in [0.29, 0.717) is 0 Å². The van der Waals surface area contributed by atoms with E-state index in [-0.39, 0.29) is 12.6 Å². The highest BCUT2D eigenvalue weighted by Crippen LogP contribution is 2.08. The van der Waals surface area contributed by atoms with E-state index in [2.05, 4.69) is 10.4 Å². The van der Waals surface area contributed by atoms with Gasteiger partial charge in [-0.05, 0) is 7.05 Å². The molecule has 0 bridgehead atoms. The summed E-state index contributed by atoms with van der Waals surface area (Å²) in [5.41, 5.74) is 1.01. The molecule has 0 spiro atoms. The van der Waals surface area contributed by atoms with Gasteiger partial charge in [-0.25, -0.2) is 0 Å². The van der Waals surface area contributed by atoms with Crippen molar-refractivity contribution in [1.82, 2.24) is 15.1 Å². The van der Waals surface area contributed by atoms with Gasteiger partial charge >= 0.3 is 0 Å². The highest BCUT2D eigenvalue weighted by Gasteiger charge is 2.08. The Kier molecular flexibility index (Phi) is 2.62. The largest absolute Gasteiger partial charge is 0.394 e. The monoisotopic (exact) mass is 155 g/mol. The van der Waals surface area contributed by atoms with Gasteiger partial charge in [-0.15, -0.1) is 0 Å². The summed E-state index contributed by atoms with van der Waals surface area (Å²) in [5.74, 6) is 0. The average Bonchev–Trinajstić information content (AvgIpc) is 2.39. The molecule has 1 rings (SSSR count). The predicted molar refractivity (Wildman–Crippen MR) is 42.1 cm³/mol. The molecule has 1 aromatic heterocycles. The Morgan fingerprint density at radius 2 is 2.55 bits per heavy atom. The third kappa shape index (κ3) is 1.78. The van der Waals surface area contributed by atoms with Gasteiger partial charge in [0.1, 0.15) is 0 Å². The number of aryl methyl sites for hydroxylation is 1. The van der Waals surface area contributed by atoms with E-state index in [9.17, 15) is 0 Å². The number of aromatic nitrogens is 2. The molecule has 0 aliphatic rings. The van der Waals surface area contributed by atoms with Gasteiger partial charge in [0.05, 0.1) is 18.8 Å². The molecule has 62 valence electrons. The molecule has 1 heterocycles. The predicted octanol–water partition coefficient (Wildman–Crippen LogP) is -0.327. The molecule has 0 aliphatic carbocycles. The summed E-state index contributed by atoms with van der Waals surface area (Å²) in [4.78, 5) is 0. The molecule has 0 saturated heterocycles. The zero-order valence-corrected chi connectivity index (χ0v) is 6.78. The third-order valence-corrected chi connectivity index (χ3v) is 1.66. The van der Waals surface area contributed by atoms with E-state index in [4.69, 9.17) is 5.11 Å². The van der Waals surface area contributed by atoms with Crippen molar-refractivity contribution < 1.29 is 5.11 Å². The van der Waals surface area contributed by atoms with Crippen LogP contribution in [0.15, 0.2) is 12.4 Å². The molecule has 0 amide bonds. The second-order valence-corrected chi connectivity index (χ2v) is 2.47. The second-order valence-electron chi connectivity index (χ2n) is 2.47. The molecule has 11 heavy (non-hydrogen) atoms. The van der Waals surface area contributed by atoms with E-state index >= 15 is 0 Å². The van der Waals surface area contributed by atoms with E-state index in [0.717, 1.165) is 5.56 Å². The van der Waals surface area contributed by atoms with Crippen LogP contribution >= 0.6 is 0 Å². The fraction of sp³-hybridized carbons (Fsp3) is 0.571. The van der Waals surface area contributed by atoms with Crippen molar-refractivity contribution in [1.29, 1.82) is 0 Å². The van der Waals surface area contributed by atoms with Crippen molar-refractivity contribution in [3.63, 3.8) is 0 Å². The Balaban J connectivity index is 2.73. The second kappa shape index (κ2) is 3.50. The number of aliphatic hydroxyl groups is 1. The first-order valence-electron chi connectivity index (χ1n) is 3.54. The topological polar surface area (TPSA) is 50.1 Å². The Hall–Kier alpha value is -0.870. The number of hydrogen-bond donors (Lipinski definition) is 2. The minimum absolute atomic E-state index is 0.00343. The van der Waals surface area contributed by atoms with Crippen molar-refractivity contribution in [2.45, 2.75) is 6.04 Å². The fourth-order valence-corrected chi connectivity index (χ4v) is 0.983. The molecule has 0 radical (unpaired) electrons. The molecule has 0 aliphatic heterocycles. The summed E-state index contributed by atoms with van der Waals surface area (Å²) in [6.07, 6.45) is 3.63. The van der Waals surface area contributed by atoms with Crippen molar-refractivity contribution >= 4 is 0 Å². The SMILES string of the molecule is CN[C@@H](CO)c1cnn(C)c1. The molecule has 4 nitrogen and oxygen atoms in total. The van der Waals surface area contributed by atoms with Crippen LogP contribution in [0.25, 0.3) is 0 Å². The summed E-state index contributed by atoms with van der Waals surface area (Å²) in [5, 5.41) is 15.9. The van der Waals surface area contributed by atoms with Gasteiger partial charge in [-0.2, -0.15) is 5.10 Å². The van der Waals surface area contributed by atoms with Crippen LogP contribution in [0.2, 0.25) is 0 Å². The molecular weight excluding hydrogens is 142 g/mol. The number of hydrogen-bond acceptors (Lipinski definition) is 3. The highest BCUT2D eigenvalue weighted by molar-refractivity contribution is 5.09. The summed E-state index contributed by atoms with van der Waals surface area (Å²) in [6, 6.07) is 0.00343. The Labute approximate surface area is 65.8 Å². The lowest BCUT2D eigenvalue weighted by Gasteiger charge is -2.09. The molecule has 0 fully saturated rings. The average molecular weight is 155 g/mol. The quantitative estimate of drug-likeness (QED) is 0.628. The summed E-state index contributed by atoms with van der Waals surface area (Å²) in [6.45, 7) is 0.0994. The first-order valence-corrected chi connectivity index (χ1v) is 3.54. The van der Waals surface area contributed by atoms with Crippen molar-refractivity contribution in [2.75, 3.05) is 13.7 Å². The molecule has 0 saturated carbocycles. The molecule has 0 aromatic carbocycles. The summed E-state index contributed by atoms with van der Waals surface area (Å²) >= 11 is 0. The number of nitrogens with zero attached hydrogens (tertiary/aromatic N) is 2. The van der Waals surface area contributed by atoms with Crippen LogP contribution in [0.3, 0.4) is 0 Å². The molecule has 1 atom stereocenters. The Morgan fingerprint density at radius 3 is 2.91 bits per heavy atom. The highest BCUT2D eigenvalue weighted by atomic mass is 16.3. The number of rotatable bonds is 3. The van der Waals surface area contributed by atoms with Crippen molar-refractivity contribution in [2.24, 2.45) is 7.05 Å². The molecule has 2 N–H and O–H groups in total. The Bertz CT molecular complexity index is 217. The van der Waals surface area contributed by atoms with Gasteiger partial charge in [0.2, 0.25) is 0 Å². The molecular formula is C7H13N3O. The fourth-order valence-electron chi connectivity index (χ4n) is 0.983. The van der Waals surface area contributed by atoms with Crippen molar-refractivity contribution in [3.8, 4) is 0 Å². The normalized spacial score (nSPS) is 13.4. The summed E-state index contributed by atoms with van der Waals surface area (Å²) in [7, 11) is 3.67. The van der Waals surface area contributed by atoms with E-state index in [1.165, 1.54) is 0 Å². The van der Waals surface area contributed by atoms with Gasteiger partial charge in [0, 0.05) is 18.8 Å². The Morgan fingerprint density at radius 1 is 1.82 bits per heavy atom. The zero-order valence-electron chi connectivity index (χ0n) is 6.78. The van der Waals surface area contributed by atoms with Gasteiger partial charge < -0.3 is 10.4 Å².